The molecule has 0 saturated carbocycles. The van der Waals surface area contributed by atoms with Gasteiger partial charge in [0.05, 0.1) is 6.04 Å². The van der Waals surface area contributed by atoms with E-state index in [1.54, 1.807) is 7.05 Å². The van der Waals surface area contributed by atoms with E-state index in [0.717, 1.165) is 23.6 Å². The molecule has 2 aromatic carbocycles. The average molecular weight is 279 g/mol. The van der Waals surface area contributed by atoms with E-state index in [2.05, 4.69) is 5.32 Å². The zero-order chi connectivity index (χ0) is 14.7. The van der Waals surface area contributed by atoms with Crippen LogP contribution in [0.25, 0.3) is 0 Å². The predicted molar refractivity (Wildman–Crippen MR) is 73.0 cm³/mol. The van der Waals surface area contributed by atoms with Crippen molar-refractivity contribution in [1.29, 1.82) is 0 Å². The van der Waals surface area contributed by atoms with Crippen molar-refractivity contribution in [2.45, 2.75) is 19.4 Å². The Morgan fingerprint density at radius 2 is 1.65 bits per heavy atom. The zero-order valence-corrected chi connectivity index (χ0v) is 11.4. The van der Waals surface area contributed by atoms with Crippen LogP contribution in [-0.4, -0.2) is 7.05 Å². The van der Waals surface area contributed by atoms with Gasteiger partial charge in [-0.15, -0.1) is 0 Å². The van der Waals surface area contributed by atoms with Crippen LogP contribution >= 0.6 is 0 Å². The Morgan fingerprint density at radius 1 is 0.950 bits per heavy atom. The number of halogens is 3. The molecule has 1 unspecified atom stereocenters. The van der Waals surface area contributed by atoms with Crippen molar-refractivity contribution in [2.24, 2.45) is 0 Å². The lowest BCUT2D eigenvalue weighted by Crippen LogP contribution is -2.21. The summed E-state index contributed by atoms with van der Waals surface area (Å²) in [5.74, 6) is -3.75. The van der Waals surface area contributed by atoms with Crippen molar-refractivity contribution < 1.29 is 13.2 Å². The second kappa shape index (κ2) is 6.09. The second-order valence-electron chi connectivity index (χ2n) is 4.54. The number of rotatable bonds is 4. The van der Waals surface area contributed by atoms with E-state index in [-0.39, 0.29) is 5.56 Å². The molecule has 0 bridgehead atoms. The Morgan fingerprint density at radius 3 is 2.30 bits per heavy atom. The lowest BCUT2D eigenvalue weighted by molar-refractivity contribution is 0.435. The van der Waals surface area contributed by atoms with Crippen molar-refractivity contribution >= 4 is 0 Å². The Balaban J connectivity index is 2.56. The van der Waals surface area contributed by atoms with Gasteiger partial charge in [0.15, 0.2) is 17.5 Å². The summed E-state index contributed by atoms with van der Waals surface area (Å²) in [6.07, 6.45) is 0.777. The largest absolute Gasteiger partial charge is 0.309 e. The zero-order valence-electron chi connectivity index (χ0n) is 11.4. The second-order valence-corrected chi connectivity index (χ2v) is 4.54. The Bertz CT molecular complexity index is 611. The SMILES string of the molecule is CCc1ccccc1C(NC)c1ccc(F)c(F)c1F. The average Bonchev–Trinajstić information content (AvgIpc) is 2.48. The van der Waals surface area contributed by atoms with Crippen molar-refractivity contribution in [3.63, 3.8) is 0 Å². The molecule has 1 N–H and O–H groups in total. The number of nitrogens with one attached hydrogen (secondary N) is 1. The third kappa shape index (κ3) is 2.56. The molecule has 0 heterocycles. The van der Waals surface area contributed by atoms with E-state index in [1.807, 2.05) is 31.2 Å². The van der Waals surface area contributed by atoms with Crippen LogP contribution in [0.2, 0.25) is 0 Å². The summed E-state index contributed by atoms with van der Waals surface area (Å²) in [6.45, 7) is 1.99. The number of hydrogen-bond acceptors (Lipinski definition) is 1. The molecule has 0 aliphatic carbocycles. The number of aryl methyl sites for hydroxylation is 1. The fourth-order valence-corrected chi connectivity index (χ4v) is 2.38. The third-order valence-electron chi connectivity index (χ3n) is 3.41. The molecule has 0 aliphatic rings. The summed E-state index contributed by atoms with van der Waals surface area (Å²) in [6, 6.07) is 9.26. The van der Waals surface area contributed by atoms with Crippen LogP contribution in [0, 0.1) is 17.5 Å². The molecule has 1 atom stereocenters. The molecule has 0 amide bonds. The fourth-order valence-electron chi connectivity index (χ4n) is 2.38. The van der Waals surface area contributed by atoms with Crippen molar-refractivity contribution in [3.8, 4) is 0 Å². The lowest BCUT2D eigenvalue weighted by atomic mass is 9.93. The quantitative estimate of drug-likeness (QED) is 0.835. The molecule has 0 saturated heterocycles. The van der Waals surface area contributed by atoms with Crippen molar-refractivity contribution in [2.75, 3.05) is 7.05 Å². The molecule has 106 valence electrons. The van der Waals surface area contributed by atoms with Gasteiger partial charge >= 0.3 is 0 Å². The maximum atomic E-state index is 14.0. The van der Waals surface area contributed by atoms with E-state index >= 15 is 0 Å². The van der Waals surface area contributed by atoms with Gasteiger partial charge in [0.2, 0.25) is 0 Å². The third-order valence-corrected chi connectivity index (χ3v) is 3.41. The standard InChI is InChI=1S/C16H16F3N/c1-3-10-6-4-5-7-11(10)16(20-2)12-8-9-13(17)15(19)14(12)18/h4-9,16,20H,3H2,1-2H3. The normalized spacial score (nSPS) is 12.4. The van der Waals surface area contributed by atoms with Crippen LogP contribution in [0.5, 0.6) is 0 Å². The topological polar surface area (TPSA) is 12.0 Å². The minimum absolute atomic E-state index is 0.104. The van der Waals surface area contributed by atoms with Crippen LogP contribution in [0.3, 0.4) is 0 Å². The van der Waals surface area contributed by atoms with Crippen LogP contribution in [-0.2, 0) is 6.42 Å². The number of hydrogen-bond donors (Lipinski definition) is 1. The minimum Gasteiger partial charge on any atom is -0.309 e. The molecule has 0 aliphatic heterocycles. The summed E-state index contributed by atoms with van der Waals surface area (Å²) in [5.41, 5.74) is 2.01. The van der Waals surface area contributed by atoms with Gasteiger partial charge in [-0.3, -0.25) is 0 Å². The highest BCUT2D eigenvalue weighted by molar-refractivity contribution is 5.38. The van der Waals surface area contributed by atoms with Gasteiger partial charge < -0.3 is 5.32 Å². The molecule has 0 radical (unpaired) electrons. The number of benzene rings is 2. The van der Waals surface area contributed by atoms with Crippen LogP contribution < -0.4 is 5.32 Å². The molecule has 0 fully saturated rings. The van der Waals surface area contributed by atoms with Gasteiger partial charge in [0, 0.05) is 5.56 Å². The first kappa shape index (κ1) is 14.6. The first-order chi connectivity index (χ1) is 9.60. The first-order valence-electron chi connectivity index (χ1n) is 6.48. The minimum atomic E-state index is -1.43. The van der Waals surface area contributed by atoms with Gasteiger partial charge in [0.25, 0.3) is 0 Å². The van der Waals surface area contributed by atoms with E-state index < -0.39 is 23.5 Å². The van der Waals surface area contributed by atoms with Crippen LogP contribution in [0.4, 0.5) is 13.2 Å². The van der Waals surface area contributed by atoms with Gasteiger partial charge in [-0.25, -0.2) is 13.2 Å². The Labute approximate surface area is 116 Å². The summed E-state index contributed by atoms with van der Waals surface area (Å²) in [4.78, 5) is 0. The van der Waals surface area contributed by atoms with Gasteiger partial charge in [-0.05, 0) is 30.7 Å². The molecular weight excluding hydrogens is 263 g/mol. The van der Waals surface area contributed by atoms with Crippen LogP contribution in [0.15, 0.2) is 36.4 Å². The van der Waals surface area contributed by atoms with Gasteiger partial charge in [-0.2, -0.15) is 0 Å². The monoisotopic (exact) mass is 279 g/mol. The highest BCUT2D eigenvalue weighted by atomic mass is 19.2. The molecule has 0 aromatic heterocycles. The Kier molecular flexibility index (Phi) is 4.45. The highest BCUT2D eigenvalue weighted by Gasteiger charge is 2.22. The lowest BCUT2D eigenvalue weighted by Gasteiger charge is -2.21. The fraction of sp³-hybridized carbons (Fsp3) is 0.250. The maximum Gasteiger partial charge on any atom is 0.194 e. The molecule has 2 rings (SSSR count). The summed E-state index contributed by atoms with van der Waals surface area (Å²) in [7, 11) is 1.66. The molecule has 2 aromatic rings. The maximum absolute atomic E-state index is 14.0. The first-order valence-corrected chi connectivity index (χ1v) is 6.48. The van der Waals surface area contributed by atoms with Crippen molar-refractivity contribution in [3.05, 3.63) is 70.5 Å². The molecule has 20 heavy (non-hydrogen) atoms. The smallest absolute Gasteiger partial charge is 0.194 e. The van der Waals surface area contributed by atoms with Crippen LogP contribution in [0.1, 0.15) is 29.7 Å². The summed E-state index contributed by atoms with van der Waals surface area (Å²) >= 11 is 0. The van der Waals surface area contributed by atoms with E-state index in [1.165, 1.54) is 6.07 Å². The molecule has 4 heteroatoms. The molecule has 0 spiro atoms. The van der Waals surface area contributed by atoms with Crippen molar-refractivity contribution in [1.82, 2.24) is 5.32 Å². The summed E-state index contributed by atoms with van der Waals surface area (Å²) < 4.78 is 40.4. The predicted octanol–water partition coefficient (Wildman–Crippen LogP) is 3.98. The summed E-state index contributed by atoms with van der Waals surface area (Å²) in [5, 5.41) is 2.97. The van der Waals surface area contributed by atoms with Gasteiger partial charge in [-0.1, -0.05) is 37.3 Å². The van der Waals surface area contributed by atoms with Gasteiger partial charge in [0.1, 0.15) is 0 Å². The highest BCUT2D eigenvalue weighted by Crippen LogP contribution is 2.28. The Hall–Kier alpha value is -1.81. The van der Waals surface area contributed by atoms with E-state index in [4.69, 9.17) is 0 Å². The van der Waals surface area contributed by atoms with E-state index in [0.29, 0.717) is 0 Å². The molecular formula is C16H16F3N. The molecule has 1 nitrogen and oxygen atoms in total. The van der Waals surface area contributed by atoms with E-state index in [9.17, 15) is 13.2 Å².